The zero-order valence-electron chi connectivity index (χ0n) is 8.47. The number of nitrogens with two attached hydrogens (primary N) is 1. The summed E-state index contributed by atoms with van der Waals surface area (Å²) in [4.78, 5) is 2.46. The first kappa shape index (κ1) is 10.0. The maximum atomic E-state index is 5.86. The van der Waals surface area contributed by atoms with Gasteiger partial charge in [-0.3, -0.25) is 4.90 Å². The van der Waals surface area contributed by atoms with Gasteiger partial charge in [0.25, 0.3) is 0 Å². The normalized spacial score (nSPS) is 31.2. The maximum absolute atomic E-state index is 5.86. The van der Waals surface area contributed by atoms with Crippen LogP contribution in [0.4, 0.5) is 0 Å². The van der Waals surface area contributed by atoms with Gasteiger partial charge >= 0.3 is 0 Å². The lowest BCUT2D eigenvalue weighted by atomic mass is 9.90. The van der Waals surface area contributed by atoms with Crippen molar-refractivity contribution in [1.82, 2.24) is 4.90 Å². The van der Waals surface area contributed by atoms with Gasteiger partial charge in [0.05, 0.1) is 0 Å². The first-order valence-corrected chi connectivity index (χ1v) is 5.16. The molecular weight excluding hydrogens is 148 g/mol. The van der Waals surface area contributed by atoms with E-state index in [2.05, 4.69) is 18.9 Å². The summed E-state index contributed by atoms with van der Waals surface area (Å²) in [5.41, 5.74) is 6.22. The highest BCUT2D eigenvalue weighted by molar-refractivity contribution is 4.94. The molecular formula is C10H22N2. The van der Waals surface area contributed by atoms with Crippen molar-refractivity contribution in [3.63, 3.8) is 0 Å². The first-order chi connectivity index (χ1) is 5.75. The number of hydrogen-bond acceptors (Lipinski definition) is 2. The van der Waals surface area contributed by atoms with Gasteiger partial charge in [0.1, 0.15) is 0 Å². The number of nitrogens with zero attached hydrogens (tertiary/aromatic N) is 1. The summed E-state index contributed by atoms with van der Waals surface area (Å²) in [6.45, 7) is 4.32. The van der Waals surface area contributed by atoms with Crippen LogP contribution in [0.3, 0.4) is 0 Å². The Kier molecular flexibility index (Phi) is 3.53. The van der Waals surface area contributed by atoms with Crippen LogP contribution in [0.25, 0.3) is 0 Å². The molecule has 0 spiro atoms. The summed E-state index contributed by atoms with van der Waals surface area (Å²) < 4.78 is 0. The van der Waals surface area contributed by atoms with Gasteiger partial charge in [0.2, 0.25) is 0 Å². The molecule has 0 aromatic carbocycles. The van der Waals surface area contributed by atoms with Crippen molar-refractivity contribution < 1.29 is 0 Å². The van der Waals surface area contributed by atoms with Crippen molar-refractivity contribution in [2.24, 2.45) is 5.73 Å². The Balaban J connectivity index is 2.49. The molecule has 1 saturated heterocycles. The van der Waals surface area contributed by atoms with Crippen LogP contribution in [0.15, 0.2) is 0 Å². The van der Waals surface area contributed by atoms with Crippen molar-refractivity contribution in [3.8, 4) is 0 Å². The summed E-state index contributed by atoms with van der Waals surface area (Å²) in [6, 6.07) is 0. The van der Waals surface area contributed by atoms with Crippen LogP contribution in [-0.4, -0.2) is 30.6 Å². The van der Waals surface area contributed by atoms with Gasteiger partial charge in [-0.15, -0.1) is 0 Å². The zero-order valence-corrected chi connectivity index (χ0v) is 8.47. The number of unbranched alkanes of at least 4 members (excludes halogenated alkanes) is 1. The average Bonchev–Trinajstić information content (AvgIpc) is 2.45. The third-order valence-corrected chi connectivity index (χ3v) is 3.32. The molecule has 2 heteroatoms. The van der Waals surface area contributed by atoms with Gasteiger partial charge in [-0.1, -0.05) is 19.8 Å². The monoisotopic (exact) mass is 170 g/mol. The molecule has 0 aromatic heterocycles. The Labute approximate surface area is 76.1 Å². The van der Waals surface area contributed by atoms with Crippen LogP contribution in [-0.2, 0) is 0 Å². The molecule has 1 aliphatic rings. The number of hydrogen-bond donors (Lipinski definition) is 1. The smallest absolute Gasteiger partial charge is 0.0329 e. The summed E-state index contributed by atoms with van der Waals surface area (Å²) in [5, 5.41) is 0. The number of rotatable bonds is 4. The van der Waals surface area contributed by atoms with E-state index in [9.17, 15) is 0 Å². The topological polar surface area (TPSA) is 29.3 Å². The second kappa shape index (κ2) is 4.24. The van der Waals surface area contributed by atoms with Crippen LogP contribution >= 0.6 is 0 Å². The van der Waals surface area contributed by atoms with Crippen molar-refractivity contribution in [1.29, 1.82) is 0 Å². The fraction of sp³-hybridized carbons (Fsp3) is 1.00. The van der Waals surface area contributed by atoms with E-state index in [0.717, 1.165) is 6.54 Å². The van der Waals surface area contributed by atoms with Crippen molar-refractivity contribution >= 4 is 0 Å². The Morgan fingerprint density at radius 2 is 2.25 bits per heavy atom. The predicted octanol–water partition coefficient (Wildman–Crippen LogP) is 1.60. The average molecular weight is 170 g/mol. The van der Waals surface area contributed by atoms with E-state index < -0.39 is 0 Å². The zero-order chi connectivity index (χ0) is 9.03. The van der Waals surface area contributed by atoms with Gasteiger partial charge in [-0.05, 0) is 32.9 Å². The molecule has 72 valence electrons. The van der Waals surface area contributed by atoms with Gasteiger partial charge in [0, 0.05) is 12.1 Å². The molecule has 1 aliphatic heterocycles. The minimum Gasteiger partial charge on any atom is -0.329 e. The molecule has 1 unspecified atom stereocenters. The summed E-state index contributed by atoms with van der Waals surface area (Å²) in [7, 11) is 2.22. The SMILES string of the molecule is CCCCC1(CN)CCCN1C. The Morgan fingerprint density at radius 3 is 2.67 bits per heavy atom. The van der Waals surface area contributed by atoms with Crippen molar-refractivity contribution in [2.45, 2.75) is 44.6 Å². The fourth-order valence-corrected chi connectivity index (χ4v) is 2.25. The molecule has 0 amide bonds. The van der Waals surface area contributed by atoms with E-state index in [1.165, 1.54) is 38.6 Å². The lowest BCUT2D eigenvalue weighted by Gasteiger charge is -2.35. The molecule has 2 N–H and O–H groups in total. The molecule has 0 saturated carbocycles. The first-order valence-electron chi connectivity index (χ1n) is 5.16. The third kappa shape index (κ3) is 1.80. The van der Waals surface area contributed by atoms with Crippen LogP contribution in [0.2, 0.25) is 0 Å². The summed E-state index contributed by atoms with van der Waals surface area (Å²) >= 11 is 0. The molecule has 0 bridgehead atoms. The Bertz CT molecular complexity index is 136. The van der Waals surface area contributed by atoms with Gasteiger partial charge in [-0.2, -0.15) is 0 Å². The van der Waals surface area contributed by atoms with E-state index >= 15 is 0 Å². The number of likely N-dealkylation sites (N-methyl/N-ethyl adjacent to an activating group) is 1. The van der Waals surface area contributed by atoms with Gasteiger partial charge in [0.15, 0.2) is 0 Å². The van der Waals surface area contributed by atoms with Crippen LogP contribution in [0, 0.1) is 0 Å². The summed E-state index contributed by atoms with van der Waals surface area (Å²) in [5.74, 6) is 0. The molecule has 2 nitrogen and oxygen atoms in total. The van der Waals surface area contributed by atoms with Crippen LogP contribution in [0.5, 0.6) is 0 Å². The molecule has 0 aliphatic carbocycles. The molecule has 0 radical (unpaired) electrons. The largest absolute Gasteiger partial charge is 0.329 e. The Hall–Kier alpha value is -0.0800. The van der Waals surface area contributed by atoms with Gasteiger partial charge < -0.3 is 5.73 Å². The lowest BCUT2D eigenvalue weighted by molar-refractivity contribution is 0.165. The van der Waals surface area contributed by atoms with E-state index in [1.807, 2.05) is 0 Å². The molecule has 1 fully saturated rings. The molecule has 1 heterocycles. The highest BCUT2D eigenvalue weighted by Crippen LogP contribution is 2.31. The second-order valence-electron chi connectivity index (χ2n) is 4.06. The predicted molar refractivity (Wildman–Crippen MR) is 53.2 cm³/mol. The molecule has 12 heavy (non-hydrogen) atoms. The van der Waals surface area contributed by atoms with E-state index in [-0.39, 0.29) is 0 Å². The van der Waals surface area contributed by atoms with E-state index in [4.69, 9.17) is 5.73 Å². The molecule has 1 atom stereocenters. The van der Waals surface area contributed by atoms with E-state index in [0.29, 0.717) is 5.54 Å². The van der Waals surface area contributed by atoms with Gasteiger partial charge in [-0.25, -0.2) is 0 Å². The Morgan fingerprint density at radius 1 is 1.50 bits per heavy atom. The molecule has 1 rings (SSSR count). The van der Waals surface area contributed by atoms with Crippen molar-refractivity contribution in [3.05, 3.63) is 0 Å². The molecule has 0 aromatic rings. The third-order valence-electron chi connectivity index (χ3n) is 3.32. The van der Waals surface area contributed by atoms with Crippen LogP contribution < -0.4 is 5.73 Å². The number of likely N-dealkylation sites (tertiary alicyclic amines) is 1. The lowest BCUT2D eigenvalue weighted by Crippen LogP contribution is -2.47. The minimum atomic E-state index is 0.357. The standard InChI is InChI=1S/C10H22N2/c1-3-4-6-10(9-11)7-5-8-12(10)2/h3-9,11H2,1-2H3. The summed E-state index contributed by atoms with van der Waals surface area (Å²) in [6.07, 6.45) is 6.53. The highest BCUT2D eigenvalue weighted by atomic mass is 15.2. The highest BCUT2D eigenvalue weighted by Gasteiger charge is 2.36. The van der Waals surface area contributed by atoms with Crippen LogP contribution in [0.1, 0.15) is 39.0 Å². The second-order valence-corrected chi connectivity index (χ2v) is 4.06. The quantitative estimate of drug-likeness (QED) is 0.694. The van der Waals surface area contributed by atoms with Crippen molar-refractivity contribution in [2.75, 3.05) is 20.1 Å². The fourth-order valence-electron chi connectivity index (χ4n) is 2.25. The van der Waals surface area contributed by atoms with E-state index in [1.54, 1.807) is 0 Å². The maximum Gasteiger partial charge on any atom is 0.0329 e. The minimum absolute atomic E-state index is 0.357.